The van der Waals surface area contributed by atoms with Gasteiger partial charge in [0.05, 0.1) is 0 Å². The van der Waals surface area contributed by atoms with Gasteiger partial charge in [-0.1, -0.05) is 32.0 Å². The molecule has 110 valence electrons. The molecule has 1 aliphatic heterocycles. The van der Waals surface area contributed by atoms with Gasteiger partial charge in [-0.25, -0.2) is 0 Å². The highest BCUT2D eigenvalue weighted by Gasteiger charge is 2.23. The fourth-order valence-corrected chi connectivity index (χ4v) is 2.92. The molecule has 1 unspecified atom stereocenters. The van der Waals surface area contributed by atoms with E-state index in [2.05, 4.69) is 48.3 Å². The van der Waals surface area contributed by atoms with Crippen LogP contribution >= 0.6 is 0 Å². The number of carbonyl (C=O) groups is 1. The standard InChI is InChI=1S/C17H26N2O/c1-3-15(4-2)17(20)18-12-14-10-11-19(13-14)16-8-6-5-7-9-16/h5-9,14-15H,3-4,10-13H2,1-2H3,(H,18,20). The molecule has 20 heavy (non-hydrogen) atoms. The average molecular weight is 274 g/mol. The molecule has 1 aromatic carbocycles. The predicted octanol–water partition coefficient (Wildman–Crippen LogP) is 3.07. The van der Waals surface area contributed by atoms with Gasteiger partial charge in [-0.2, -0.15) is 0 Å². The Bertz CT molecular complexity index is 414. The van der Waals surface area contributed by atoms with E-state index in [9.17, 15) is 4.79 Å². The van der Waals surface area contributed by atoms with E-state index in [0.717, 1.165) is 38.9 Å². The van der Waals surface area contributed by atoms with Crippen molar-refractivity contribution in [2.45, 2.75) is 33.1 Å². The summed E-state index contributed by atoms with van der Waals surface area (Å²) in [5, 5.41) is 3.13. The first-order valence-electron chi connectivity index (χ1n) is 7.82. The highest BCUT2D eigenvalue weighted by Crippen LogP contribution is 2.23. The lowest BCUT2D eigenvalue weighted by Gasteiger charge is -2.19. The normalized spacial score (nSPS) is 18.6. The van der Waals surface area contributed by atoms with Crippen molar-refractivity contribution in [2.24, 2.45) is 11.8 Å². The molecule has 1 saturated heterocycles. The number of rotatable bonds is 6. The molecule has 0 bridgehead atoms. The van der Waals surface area contributed by atoms with Gasteiger partial charge in [0.25, 0.3) is 0 Å². The van der Waals surface area contributed by atoms with E-state index in [1.165, 1.54) is 5.69 Å². The van der Waals surface area contributed by atoms with Crippen molar-refractivity contribution in [3.8, 4) is 0 Å². The van der Waals surface area contributed by atoms with Gasteiger partial charge < -0.3 is 10.2 Å². The second-order valence-corrected chi connectivity index (χ2v) is 5.69. The summed E-state index contributed by atoms with van der Waals surface area (Å²) in [7, 11) is 0. The first kappa shape index (κ1) is 14.9. The van der Waals surface area contributed by atoms with Gasteiger partial charge in [-0.05, 0) is 37.3 Å². The molecule has 1 aliphatic rings. The Morgan fingerprint density at radius 1 is 1.30 bits per heavy atom. The Hall–Kier alpha value is -1.51. The van der Waals surface area contributed by atoms with Crippen molar-refractivity contribution >= 4 is 11.6 Å². The molecular weight excluding hydrogens is 248 g/mol. The largest absolute Gasteiger partial charge is 0.371 e. The number of amides is 1. The summed E-state index contributed by atoms with van der Waals surface area (Å²) in [4.78, 5) is 14.4. The molecule has 1 atom stereocenters. The molecule has 2 rings (SSSR count). The van der Waals surface area contributed by atoms with Crippen LogP contribution in [0, 0.1) is 11.8 Å². The van der Waals surface area contributed by atoms with Crippen LogP contribution in [0.5, 0.6) is 0 Å². The number of nitrogens with one attached hydrogen (secondary N) is 1. The van der Waals surface area contributed by atoms with Crippen molar-refractivity contribution in [3.63, 3.8) is 0 Å². The molecule has 3 nitrogen and oxygen atoms in total. The lowest BCUT2D eigenvalue weighted by atomic mass is 10.0. The quantitative estimate of drug-likeness (QED) is 0.864. The number of nitrogens with zero attached hydrogens (tertiary/aromatic N) is 1. The Morgan fingerprint density at radius 2 is 2.00 bits per heavy atom. The van der Waals surface area contributed by atoms with Crippen molar-refractivity contribution in [1.82, 2.24) is 5.32 Å². The van der Waals surface area contributed by atoms with Crippen molar-refractivity contribution in [1.29, 1.82) is 0 Å². The molecule has 1 N–H and O–H groups in total. The summed E-state index contributed by atoms with van der Waals surface area (Å²) in [5.41, 5.74) is 1.29. The van der Waals surface area contributed by atoms with Gasteiger partial charge in [-0.15, -0.1) is 0 Å². The molecular formula is C17H26N2O. The summed E-state index contributed by atoms with van der Waals surface area (Å²) in [6.07, 6.45) is 3.03. The van der Waals surface area contributed by atoms with E-state index in [-0.39, 0.29) is 11.8 Å². The molecule has 1 fully saturated rings. The highest BCUT2D eigenvalue weighted by atomic mass is 16.1. The van der Waals surface area contributed by atoms with E-state index in [1.807, 2.05) is 6.07 Å². The van der Waals surface area contributed by atoms with E-state index in [1.54, 1.807) is 0 Å². The molecule has 1 aromatic rings. The number of carbonyl (C=O) groups excluding carboxylic acids is 1. The maximum absolute atomic E-state index is 12.0. The van der Waals surface area contributed by atoms with Crippen molar-refractivity contribution < 1.29 is 4.79 Å². The smallest absolute Gasteiger partial charge is 0.223 e. The Kier molecular flexibility index (Phi) is 5.45. The minimum atomic E-state index is 0.182. The van der Waals surface area contributed by atoms with E-state index >= 15 is 0 Å². The summed E-state index contributed by atoms with van der Waals surface area (Å²) in [6.45, 7) is 7.13. The molecule has 0 spiro atoms. The summed E-state index contributed by atoms with van der Waals surface area (Å²) < 4.78 is 0. The molecule has 1 amide bonds. The van der Waals surface area contributed by atoms with Crippen LogP contribution in [0.4, 0.5) is 5.69 Å². The number of hydrogen-bond acceptors (Lipinski definition) is 2. The zero-order chi connectivity index (χ0) is 14.4. The van der Waals surface area contributed by atoms with Crippen LogP contribution in [0.3, 0.4) is 0 Å². The third-order valence-electron chi connectivity index (χ3n) is 4.33. The van der Waals surface area contributed by atoms with Gasteiger partial charge in [0.2, 0.25) is 5.91 Å². The molecule has 3 heteroatoms. The molecule has 0 aliphatic carbocycles. The second kappa shape index (κ2) is 7.32. The summed E-state index contributed by atoms with van der Waals surface area (Å²) in [5.74, 6) is 0.989. The SMILES string of the molecule is CCC(CC)C(=O)NCC1CCN(c2ccccc2)C1. The molecule has 0 aromatic heterocycles. The van der Waals surface area contributed by atoms with Gasteiger partial charge in [-0.3, -0.25) is 4.79 Å². The molecule has 0 saturated carbocycles. The van der Waals surface area contributed by atoms with Crippen LogP contribution in [0.1, 0.15) is 33.1 Å². The van der Waals surface area contributed by atoms with Gasteiger partial charge in [0.1, 0.15) is 0 Å². The molecule has 0 radical (unpaired) electrons. The van der Waals surface area contributed by atoms with Crippen LogP contribution in [0.2, 0.25) is 0 Å². The minimum absolute atomic E-state index is 0.182. The first-order chi connectivity index (χ1) is 9.74. The second-order valence-electron chi connectivity index (χ2n) is 5.69. The summed E-state index contributed by atoms with van der Waals surface area (Å²) in [6, 6.07) is 10.5. The van der Waals surface area contributed by atoms with E-state index < -0.39 is 0 Å². The van der Waals surface area contributed by atoms with Crippen LogP contribution < -0.4 is 10.2 Å². The van der Waals surface area contributed by atoms with Crippen LogP contribution in [-0.4, -0.2) is 25.5 Å². The minimum Gasteiger partial charge on any atom is -0.371 e. The maximum atomic E-state index is 12.0. The number of anilines is 1. The van der Waals surface area contributed by atoms with Crippen molar-refractivity contribution in [3.05, 3.63) is 30.3 Å². The lowest BCUT2D eigenvalue weighted by Crippen LogP contribution is -2.35. The van der Waals surface area contributed by atoms with Gasteiger partial charge >= 0.3 is 0 Å². The number of hydrogen-bond donors (Lipinski definition) is 1. The number of benzene rings is 1. The molecule has 1 heterocycles. The lowest BCUT2D eigenvalue weighted by molar-refractivity contribution is -0.125. The Morgan fingerprint density at radius 3 is 2.65 bits per heavy atom. The zero-order valence-corrected chi connectivity index (χ0v) is 12.6. The number of para-hydroxylation sites is 1. The van der Waals surface area contributed by atoms with Crippen LogP contribution in [0.15, 0.2) is 30.3 Å². The predicted molar refractivity (Wildman–Crippen MR) is 83.8 cm³/mol. The third-order valence-corrected chi connectivity index (χ3v) is 4.33. The Labute approximate surface area is 122 Å². The van der Waals surface area contributed by atoms with E-state index in [4.69, 9.17) is 0 Å². The van der Waals surface area contributed by atoms with E-state index in [0.29, 0.717) is 5.92 Å². The highest BCUT2D eigenvalue weighted by molar-refractivity contribution is 5.78. The topological polar surface area (TPSA) is 32.3 Å². The van der Waals surface area contributed by atoms with Crippen LogP contribution in [-0.2, 0) is 4.79 Å². The fraction of sp³-hybridized carbons (Fsp3) is 0.588. The van der Waals surface area contributed by atoms with Gasteiger partial charge in [0.15, 0.2) is 0 Å². The van der Waals surface area contributed by atoms with Gasteiger partial charge in [0, 0.05) is 31.2 Å². The first-order valence-corrected chi connectivity index (χ1v) is 7.82. The van der Waals surface area contributed by atoms with Crippen LogP contribution in [0.25, 0.3) is 0 Å². The monoisotopic (exact) mass is 274 g/mol. The maximum Gasteiger partial charge on any atom is 0.223 e. The van der Waals surface area contributed by atoms with Crippen molar-refractivity contribution in [2.75, 3.05) is 24.5 Å². The fourth-order valence-electron chi connectivity index (χ4n) is 2.92. The zero-order valence-electron chi connectivity index (χ0n) is 12.6. The average Bonchev–Trinajstić information content (AvgIpc) is 2.96. The third kappa shape index (κ3) is 3.75. The summed E-state index contributed by atoms with van der Waals surface area (Å²) >= 11 is 0. The Balaban J connectivity index is 1.78.